The molecular weight excluding hydrogens is 216 g/mol. The number of pyridine rings is 1. The third-order valence-electron chi connectivity index (χ3n) is 3.06. The summed E-state index contributed by atoms with van der Waals surface area (Å²) in [7, 11) is 0. The Morgan fingerprint density at radius 1 is 1.62 bits per heavy atom. The average Bonchev–Trinajstić information content (AvgIpc) is 2.83. The van der Waals surface area contributed by atoms with E-state index in [2.05, 4.69) is 35.1 Å². The van der Waals surface area contributed by atoms with E-state index in [9.17, 15) is 0 Å². The van der Waals surface area contributed by atoms with Gasteiger partial charge < -0.3 is 5.32 Å². The number of hydrogen-bond acceptors (Lipinski definition) is 3. The molecule has 88 valence electrons. The van der Waals surface area contributed by atoms with Crippen LogP contribution in [0.2, 0.25) is 0 Å². The Morgan fingerprint density at radius 3 is 3.19 bits per heavy atom. The van der Waals surface area contributed by atoms with Crippen LogP contribution >= 0.6 is 11.8 Å². The highest BCUT2D eigenvalue weighted by Crippen LogP contribution is 2.30. The highest BCUT2D eigenvalue weighted by Gasteiger charge is 2.24. The second-order valence-electron chi connectivity index (χ2n) is 4.28. The molecule has 2 nitrogen and oxygen atoms in total. The summed E-state index contributed by atoms with van der Waals surface area (Å²) in [4.78, 5) is 4.19. The third-order valence-corrected chi connectivity index (χ3v) is 4.58. The van der Waals surface area contributed by atoms with E-state index in [1.54, 1.807) is 0 Å². The SMILES string of the molecule is CCNC(Cc1cccnc1)C1CCCS1. The monoisotopic (exact) mass is 236 g/mol. The number of thioether (sulfide) groups is 1. The summed E-state index contributed by atoms with van der Waals surface area (Å²) in [5.74, 6) is 1.33. The van der Waals surface area contributed by atoms with Crippen LogP contribution in [0, 0.1) is 0 Å². The highest BCUT2D eigenvalue weighted by atomic mass is 32.2. The molecule has 2 unspecified atom stereocenters. The number of nitrogens with one attached hydrogen (secondary N) is 1. The maximum Gasteiger partial charge on any atom is 0.0300 e. The van der Waals surface area contributed by atoms with Gasteiger partial charge in [-0.05, 0) is 43.2 Å². The van der Waals surface area contributed by atoms with Crippen molar-refractivity contribution in [2.45, 2.75) is 37.5 Å². The molecule has 3 heteroatoms. The van der Waals surface area contributed by atoms with E-state index in [-0.39, 0.29) is 0 Å². The topological polar surface area (TPSA) is 24.9 Å². The molecule has 0 aromatic carbocycles. The van der Waals surface area contributed by atoms with Crippen molar-refractivity contribution in [1.82, 2.24) is 10.3 Å². The van der Waals surface area contributed by atoms with Crippen LogP contribution in [-0.2, 0) is 6.42 Å². The molecule has 1 N–H and O–H groups in total. The number of hydrogen-bond donors (Lipinski definition) is 1. The Kier molecular flexibility index (Phi) is 4.67. The lowest BCUT2D eigenvalue weighted by molar-refractivity contribution is 0.495. The lowest BCUT2D eigenvalue weighted by atomic mass is 10.0. The molecular formula is C13H20N2S. The summed E-state index contributed by atoms with van der Waals surface area (Å²) < 4.78 is 0. The first-order valence-corrected chi connectivity index (χ1v) is 7.19. The molecule has 0 spiro atoms. The van der Waals surface area contributed by atoms with Crippen LogP contribution in [0.5, 0.6) is 0 Å². The van der Waals surface area contributed by atoms with Gasteiger partial charge in [0.1, 0.15) is 0 Å². The van der Waals surface area contributed by atoms with Crippen LogP contribution in [0.3, 0.4) is 0 Å². The molecule has 1 fully saturated rings. The Labute approximate surface area is 102 Å². The summed E-state index contributed by atoms with van der Waals surface area (Å²) in [6.07, 6.45) is 7.69. The minimum absolute atomic E-state index is 0.613. The van der Waals surface area contributed by atoms with E-state index in [1.807, 2.05) is 18.5 Å². The molecule has 1 aliphatic heterocycles. The first-order chi connectivity index (χ1) is 7.90. The number of rotatable bonds is 5. The number of likely N-dealkylation sites (N-methyl/N-ethyl adjacent to an activating group) is 1. The van der Waals surface area contributed by atoms with E-state index in [0.717, 1.165) is 18.2 Å². The van der Waals surface area contributed by atoms with Crippen LogP contribution < -0.4 is 5.32 Å². The van der Waals surface area contributed by atoms with Crippen LogP contribution in [0.15, 0.2) is 24.5 Å². The first-order valence-electron chi connectivity index (χ1n) is 6.14. The van der Waals surface area contributed by atoms with Gasteiger partial charge in [0, 0.05) is 23.7 Å². The van der Waals surface area contributed by atoms with Gasteiger partial charge in [-0.3, -0.25) is 4.98 Å². The van der Waals surface area contributed by atoms with Crippen molar-refractivity contribution in [3.63, 3.8) is 0 Å². The largest absolute Gasteiger partial charge is 0.313 e. The van der Waals surface area contributed by atoms with Gasteiger partial charge in [-0.15, -0.1) is 0 Å². The van der Waals surface area contributed by atoms with Gasteiger partial charge in [0.2, 0.25) is 0 Å². The van der Waals surface area contributed by atoms with Gasteiger partial charge >= 0.3 is 0 Å². The lowest BCUT2D eigenvalue weighted by Crippen LogP contribution is -2.38. The standard InChI is InChI=1S/C13H20N2S/c1-2-15-12(13-6-4-8-16-13)9-11-5-3-7-14-10-11/h3,5,7,10,12-13,15H,2,4,6,8-9H2,1H3. The maximum atomic E-state index is 4.19. The molecule has 1 aromatic heterocycles. The molecule has 2 heterocycles. The zero-order valence-corrected chi connectivity index (χ0v) is 10.7. The second kappa shape index (κ2) is 6.26. The summed E-state index contributed by atoms with van der Waals surface area (Å²) in [6, 6.07) is 4.82. The fourth-order valence-corrected chi connectivity index (χ4v) is 3.68. The summed E-state index contributed by atoms with van der Waals surface area (Å²) in [6.45, 7) is 3.25. The van der Waals surface area contributed by atoms with Crippen LogP contribution in [0.25, 0.3) is 0 Å². The molecule has 0 saturated carbocycles. The highest BCUT2D eigenvalue weighted by molar-refractivity contribution is 8.00. The smallest absolute Gasteiger partial charge is 0.0300 e. The molecule has 16 heavy (non-hydrogen) atoms. The molecule has 0 bridgehead atoms. The molecule has 2 rings (SSSR count). The lowest BCUT2D eigenvalue weighted by Gasteiger charge is -2.23. The number of nitrogens with zero attached hydrogens (tertiary/aromatic N) is 1. The molecule has 1 aliphatic rings. The van der Waals surface area contributed by atoms with Crippen LogP contribution in [0.1, 0.15) is 25.3 Å². The Balaban J connectivity index is 1.96. The van der Waals surface area contributed by atoms with Crippen molar-refractivity contribution in [3.8, 4) is 0 Å². The van der Waals surface area contributed by atoms with Crippen molar-refractivity contribution < 1.29 is 0 Å². The average molecular weight is 236 g/mol. The predicted octanol–water partition coefficient (Wildman–Crippen LogP) is 2.50. The van der Waals surface area contributed by atoms with Crippen molar-refractivity contribution in [1.29, 1.82) is 0 Å². The third kappa shape index (κ3) is 3.22. The van der Waals surface area contributed by atoms with Gasteiger partial charge in [-0.1, -0.05) is 13.0 Å². The fraction of sp³-hybridized carbons (Fsp3) is 0.615. The van der Waals surface area contributed by atoms with Gasteiger partial charge in [0.15, 0.2) is 0 Å². The number of aromatic nitrogens is 1. The Morgan fingerprint density at radius 2 is 2.56 bits per heavy atom. The normalized spacial score (nSPS) is 22.2. The minimum Gasteiger partial charge on any atom is -0.313 e. The van der Waals surface area contributed by atoms with Gasteiger partial charge in [0.05, 0.1) is 0 Å². The van der Waals surface area contributed by atoms with Crippen molar-refractivity contribution in [3.05, 3.63) is 30.1 Å². The molecule has 0 aliphatic carbocycles. The van der Waals surface area contributed by atoms with Gasteiger partial charge in [-0.2, -0.15) is 11.8 Å². The van der Waals surface area contributed by atoms with E-state index < -0.39 is 0 Å². The molecule has 0 radical (unpaired) electrons. The van der Waals surface area contributed by atoms with E-state index in [1.165, 1.54) is 24.2 Å². The van der Waals surface area contributed by atoms with E-state index >= 15 is 0 Å². The molecule has 0 amide bonds. The quantitative estimate of drug-likeness (QED) is 0.850. The molecule has 1 saturated heterocycles. The van der Waals surface area contributed by atoms with Crippen molar-refractivity contribution in [2.75, 3.05) is 12.3 Å². The first kappa shape index (κ1) is 11.9. The fourth-order valence-electron chi connectivity index (χ4n) is 2.29. The zero-order chi connectivity index (χ0) is 11.2. The van der Waals surface area contributed by atoms with Gasteiger partial charge in [0.25, 0.3) is 0 Å². The second-order valence-corrected chi connectivity index (χ2v) is 5.63. The van der Waals surface area contributed by atoms with Crippen LogP contribution in [-0.4, -0.2) is 28.6 Å². The van der Waals surface area contributed by atoms with Crippen molar-refractivity contribution >= 4 is 11.8 Å². The van der Waals surface area contributed by atoms with E-state index in [0.29, 0.717) is 6.04 Å². The van der Waals surface area contributed by atoms with Crippen molar-refractivity contribution in [2.24, 2.45) is 0 Å². The summed E-state index contributed by atoms with van der Waals surface area (Å²) >= 11 is 2.13. The predicted molar refractivity (Wildman–Crippen MR) is 70.9 cm³/mol. The van der Waals surface area contributed by atoms with E-state index in [4.69, 9.17) is 0 Å². The zero-order valence-electron chi connectivity index (χ0n) is 9.86. The summed E-state index contributed by atoms with van der Waals surface area (Å²) in [5.41, 5.74) is 1.35. The van der Waals surface area contributed by atoms with Gasteiger partial charge in [-0.25, -0.2) is 0 Å². The minimum atomic E-state index is 0.613. The maximum absolute atomic E-state index is 4.19. The molecule has 2 atom stereocenters. The Hall–Kier alpha value is -0.540. The Bertz CT molecular complexity index is 296. The molecule has 1 aromatic rings. The summed E-state index contributed by atoms with van der Waals surface area (Å²) in [5, 5.41) is 4.42. The van der Waals surface area contributed by atoms with Crippen LogP contribution in [0.4, 0.5) is 0 Å².